The van der Waals surface area contributed by atoms with Gasteiger partial charge in [-0.3, -0.25) is 9.69 Å². The number of rotatable bonds is 6. The minimum atomic E-state index is -0.0956. The second-order valence-corrected chi connectivity index (χ2v) is 8.30. The minimum Gasteiger partial charge on any atom is -0.467 e. The van der Waals surface area contributed by atoms with E-state index in [-0.39, 0.29) is 5.91 Å². The van der Waals surface area contributed by atoms with E-state index >= 15 is 0 Å². The summed E-state index contributed by atoms with van der Waals surface area (Å²) in [6.07, 6.45) is 2.46. The number of amides is 1. The van der Waals surface area contributed by atoms with Crippen LogP contribution in [0, 0.1) is 0 Å². The van der Waals surface area contributed by atoms with E-state index in [0.29, 0.717) is 23.0 Å². The zero-order valence-electron chi connectivity index (χ0n) is 16.8. The summed E-state index contributed by atoms with van der Waals surface area (Å²) < 4.78 is 6.56. The molecule has 0 bridgehead atoms. The lowest BCUT2D eigenvalue weighted by Gasteiger charge is -2.19. The third-order valence-electron chi connectivity index (χ3n) is 5.10. The highest BCUT2D eigenvalue weighted by atomic mass is 32.1. The number of benzene rings is 3. The van der Waals surface area contributed by atoms with Crippen LogP contribution in [-0.4, -0.2) is 10.9 Å². The van der Waals surface area contributed by atoms with E-state index in [1.165, 1.54) is 22.5 Å². The van der Waals surface area contributed by atoms with E-state index in [2.05, 4.69) is 12.1 Å². The average Bonchev–Trinajstić information content (AvgIpc) is 3.48. The van der Waals surface area contributed by atoms with Crippen LogP contribution in [0.15, 0.2) is 102 Å². The molecule has 31 heavy (non-hydrogen) atoms. The van der Waals surface area contributed by atoms with Crippen molar-refractivity contribution in [3.63, 3.8) is 0 Å². The second kappa shape index (κ2) is 8.58. The largest absolute Gasteiger partial charge is 0.467 e. The van der Waals surface area contributed by atoms with Crippen molar-refractivity contribution >= 4 is 32.6 Å². The summed E-state index contributed by atoms with van der Waals surface area (Å²) >= 11 is 1.51. The minimum absolute atomic E-state index is 0.0956. The average molecular weight is 425 g/mol. The molecule has 0 radical (unpaired) electrons. The maximum atomic E-state index is 13.5. The van der Waals surface area contributed by atoms with Crippen LogP contribution in [0.2, 0.25) is 0 Å². The molecule has 5 heteroatoms. The Kier molecular flexibility index (Phi) is 5.33. The van der Waals surface area contributed by atoms with Crippen LogP contribution in [0.5, 0.6) is 0 Å². The molecule has 0 saturated heterocycles. The first-order valence-corrected chi connectivity index (χ1v) is 10.9. The smallest absolute Gasteiger partial charge is 0.260 e. The Labute approximate surface area is 184 Å². The van der Waals surface area contributed by atoms with E-state index < -0.39 is 0 Å². The highest BCUT2D eigenvalue weighted by molar-refractivity contribution is 7.22. The number of nitrogens with zero attached hydrogens (tertiary/aromatic N) is 2. The van der Waals surface area contributed by atoms with E-state index in [0.717, 1.165) is 16.6 Å². The summed E-state index contributed by atoms with van der Waals surface area (Å²) in [4.78, 5) is 19.9. The van der Waals surface area contributed by atoms with Crippen molar-refractivity contribution in [1.29, 1.82) is 0 Å². The van der Waals surface area contributed by atoms with E-state index in [4.69, 9.17) is 9.40 Å². The second-order valence-electron chi connectivity index (χ2n) is 7.29. The molecule has 1 amide bonds. The SMILES string of the molecule is O=C(c1ccc(Cc2ccccc2)cc1)N(Cc1ccco1)c1nc2ccccc2s1. The summed E-state index contributed by atoms with van der Waals surface area (Å²) in [6.45, 7) is 0.331. The molecule has 2 heterocycles. The lowest BCUT2D eigenvalue weighted by atomic mass is 10.0. The van der Waals surface area contributed by atoms with Crippen LogP contribution in [-0.2, 0) is 13.0 Å². The molecule has 5 rings (SSSR count). The van der Waals surface area contributed by atoms with Crippen molar-refractivity contribution in [3.05, 3.63) is 120 Å². The van der Waals surface area contributed by atoms with Crippen molar-refractivity contribution in [3.8, 4) is 0 Å². The molecule has 0 aliphatic carbocycles. The maximum absolute atomic E-state index is 13.5. The van der Waals surface area contributed by atoms with Gasteiger partial charge in [-0.15, -0.1) is 0 Å². The molecular formula is C26H20N2O2S. The molecule has 0 atom stereocenters. The van der Waals surface area contributed by atoms with Crippen molar-refractivity contribution in [1.82, 2.24) is 4.98 Å². The predicted octanol–water partition coefficient (Wildman–Crippen LogP) is 6.33. The summed E-state index contributed by atoms with van der Waals surface area (Å²) in [5, 5.41) is 0.663. The monoisotopic (exact) mass is 424 g/mol. The third kappa shape index (κ3) is 4.27. The fraction of sp³-hybridized carbons (Fsp3) is 0.0769. The normalized spacial score (nSPS) is 11.0. The first-order chi connectivity index (χ1) is 15.3. The fourth-order valence-electron chi connectivity index (χ4n) is 3.51. The Morgan fingerprint density at radius 3 is 2.32 bits per heavy atom. The predicted molar refractivity (Wildman–Crippen MR) is 125 cm³/mol. The summed E-state index contributed by atoms with van der Waals surface area (Å²) in [6, 6.07) is 29.7. The van der Waals surface area contributed by atoms with E-state index in [1.54, 1.807) is 11.2 Å². The summed E-state index contributed by atoms with van der Waals surface area (Å²) in [5.41, 5.74) is 3.93. The number of carbonyl (C=O) groups excluding carboxylic acids is 1. The highest BCUT2D eigenvalue weighted by Crippen LogP contribution is 2.31. The molecule has 0 spiro atoms. The number of aromatic nitrogens is 1. The standard InChI is InChI=1S/C26H20N2O2S/c29-25(21-14-12-20(13-15-21)17-19-7-2-1-3-8-19)28(18-22-9-6-16-30-22)26-27-23-10-4-5-11-24(23)31-26/h1-16H,17-18H2. The van der Waals surface area contributed by atoms with Gasteiger partial charge in [0.15, 0.2) is 5.13 Å². The molecule has 0 saturated carbocycles. The molecule has 152 valence electrons. The van der Waals surface area contributed by atoms with Crippen LogP contribution < -0.4 is 4.90 Å². The number of furan rings is 1. The number of carbonyl (C=O) groups is 1. The molecular weight excluding hydrogens is 404 g/mol. The summed E-state index contributed by atoms with van der Waals surface area (Å²) in [7, 11) is 0. The van der Waals surface area contributed by atoms with Gasteiger partial charge in [-0.05, 0) is 53.9 Å². The third-order valence-corrected chi connectivity index (χ3v) is 6.16. The van der Waals surface area contributed by atoms with Gasteiger partial charge in [0.2, 0.25) is 0 Å². The first kappa shape index (κ1) is 19.3. The quantitative estimate of drug-likeness (QED) is 0.320. The van der Waals surface area contributed by atoms with Crippen molar-refractivity contribution in [2.75, 3.05) is 4.90 Å². The summed E-state index contributed by atoms with van der Waals surface area (Å²) in [5.74, 6) is 0.620. The van der Waals surface area contributed by atoms with Crippen LogP contribution in [0.3, 0.4) is 0 Å². The van der Waals surface area contributed by atoms with Crippen LogP contribution >= 0.6 is 11.3 Å². The van der Waals surface area contributed by atoms with Gasteiger partial charge >= 0.3 is 0 Å². The lowest BCUT2D eigenvalue weighted by molar-refractivity contribution is 0.0983. The molecule has 0 N–H and O–H groups in total. The molecule has 0 fully saturated rings. The Morgan fingerprint density at radius 1 is 0.839 bits per heavy atom. The van der Waals surface area contributed by atoms with Crippen molar-refractivity contribution in [2.45, 2.75) is 13.0 Å². The molecule has 0 aliphatic heterocycles. The van der Waals surface area contributed by atoms with E-state index in [1.807, 2.05) is 78.9 Å². The number of anilines is 1. The van der Waals surface area contributed by atoms with Gasteiger partial charge in [-0.2, -0.15) is 0 Å². The number of fused-ring (bicyclic) bond motifs is 1. The molecule has 0 unspecified atom stereocenters. The highest BCUT2D eigenvalue weighted by Gasteiger charge is 2.22. The molecule has 2 aromatic heterocycles. The maximum Gasteiger partial charge on any atom is 0.260 e. The van der Waals surface area contributed by atoms with Gasteiger partial charge < -0.3 is 4.42 Å². The topological polar surface area (TPSA) is 46.3 Å². The Morgan fingerprint density at radius 2 is 1.58 bits per heavy atom. The Hall–Kier alpha value is -3.70. The van der Waals surface area contributed by atoms with Gasteiger partial charge in [-0.1, -0.05) is 65.9 Å². The van der Waals surface area contributed by atoms with Crippen LogP contribution in [0.1, 0.15) is 27.2 Å². The molecule has 4 nitrogen and oxygen atoms in total. The number of hydrogen-bond acceptors (Lipinski definition) is 4. The fourth-order valence-corrected chi connectivity index (χ4v) is 4.48. The van der Waals surface area contributed by atoms with Gasteiger partial charge in [0.1, 0.15) is 5.76 Å². The Balaban J connectivity index is 1.43. The number of para-hydroxylation sites is 1. The van der Waals surface area contributed by atoms with E-state index in [9.17, 15) is 4.79 Å². The van der Waals surface area contributed by atoms with Crippen molar-refractivity contribution in [2.24, 2.45) is 0 Å². The number of hydrogen-bond donors (Lipinski definition) is 0. The molecule has 5 aromatic rings. The van der Waals surface area contributed by atoms with Gasteiger partial charge in [0, 0.05) is 5.56 Å². The lowest BCUT2D eigenvalue weighted by Crippen LogP contribution is -2.30. The van der Waals surface area contributed by atoms with Crippen molar-refractivity contribution < 1.29 is 9.21 Å². The van der Waals surface area contributed by atoms with Gasteiger partial charge in [0.25, 0.3) is 5.91 Å². The van der Waals surface area contributed by atoms with Crippen LogP contribution in [0.25, 0.3) is 10.2 Å². The molecule has 0 aliphatic rings. The van der Waals surface area contributed by atoms with Gasteiger partial charge in [-0.25, -0.2) is 4.98 Å². The first-order valence-electron chi connectivity index (χ1n) is 10.1. The molecule has 3 aromatic carbocycles. The zero-order valence-corrected chi connectivity index (χ0v) is 17.6. The zero-order chi connectivity index (χ0) is 21.0. The number of thiazole rings is 1. The Bertz CT molecular complexity index is 1260. The van der Waals surface area contributed by atoms with Gasteiger partial charge in [0.05, 0.1) is 23.0 Å². The van der Waals surface area contributed by atoms with Crippen LogP contribution in [0.4, 0.5) is 5.13 Å².